The lowest BCUT2D eigenvalue weighted by atomic mass is 9.70. The Kier molecular flexibility index (Phi) is 6.44. The smallest absolute Gasteiger partial charge is 0.271 e. The molecule has 39 heavy (non-hydrogen) atoms. The molecule has 6 nitrogen and oxygen atoms in total. The second-order valence-corrected chi connectivity index (χ2v) is 12.8. The molecule has 0 radical (unpaired) electrons. The number of fused-ring (bicyclic) bond motifs is 2. The molecule has 2 aliphatic carbocycles. The second-order valence-electron chi connectivity index (χ2n) is 11.0. The zero-order valence-electron chi connectivity index (χ0n) is 21.7. The molecule has 2 saturated carbocycles. The SMILES string of the molecule is CC12CCC(CC1=NN=C1SC(=Cc3ccc(-c4c(Cl)cccc4Cl)o3)C(=O)N1c1ccc(O)cc1)C2(C)C. The van der Waals surface area contributed by atoms with Crippen molar-refractivity contribution in [2.75, 3.05) is 4.90 Å². The van der Waals surface area contributed by atoms with Crippen LogP contribution in [-0.2, 0) is 4.79 Å². The van der Waals surface area contributed by atoms with Crippen molar-refractivity contribution in [1.82, 2.24) is 0 Å². The van der Waals surface area contributed by atoms with E-state index in [2.05, 4.69) is 25.9 Å². The average molecular weight is 581 g/mol. The van der Waals surface area contributed by atoms with Crippen LogP contribution in [0.5, 0.6) is 5.75 Å². The first kappa shape index (κ1) is 26.2. The van der Waals surface area contributed by atoms with Crippen LogP contribution in [0.4, 0.5) is 5.69 Å². The van der Waals surface area contributed by atoms with Crippen molar-refractivity contribution >= 4 is 63.5 Å². The molecule has 3 aromatic rings. The Bertz CT molecular complexity index is 1550. The molecule has 2 unspecified atom stereocenters. The number of phenols is 1. The van der Waals surface area contributed by atoms with Crippen molar-refractivity contribution in [3.8, 4) is 17.1 Å². The Labute approximate surface area is 241 Å². The number of phenolic OH excluding ortho intramolecular Hbond substituents is 1. The summed E-state index contributed by atoms with van der Waals surface area (Å²) < 4.78 is 6.01. The molecular formula is C30H27Cl2N3O3S. The largest absolute Gasteiger partial charge is 0.508 e. The molecule has 1 N–H and O–H groups in total. The summed E-state index contributed by atoms with van der Waals surface area (Å²) in [4.78, 5) is 15.6. The Morgan fingerprint density at radius 3 is 2.41 bits per heavy atom. The number of hydrogen-bond donors (Lipinski definition) is 1. The van der Waals surface area contributed by atoms with Crippen molar-refractivity contribution < 1.29 is 14.3 Å². The fourth-order valence-corrected chi connectivity index (χ4v) is 7.48. The highest BCUT2D eigenvalue weighted by Crippen LogP contribution is 2.64. The van der Waals surface area contributed by atoms with Crippen LogP contribution >= 0.6 is 35.0 Å². The summed E-state index contributed by atoms with van der Waals surface area (Å²) in [5.74, 6) is 1.46. The molecule has 3 aliphatic rings. The van der Waals surface area contributed by atoms with E-state index < -0.39 is 0 Å². The summed E-state index contributed by atoms with van der Waals surface area (Å²) >= 11 is 13.9. The lowest BCUT2D eigenvalue weighted by Crippen LogP contribution is -2.32. The summed E-state index contributed by atoms with van der Waals surface area (Å²) in [6, 6.07) is 15.3. The van der Waals surface area contributed by atoms with E-state index in [1.54, 1.807) is 60.7 Å². The second kappa shape index (κ2) is 9.58. The van der Waals surface area contributed by atoms with E-state index in [0.29, 0.717) is 48.8 Å². The van der Waals surface area contributed by atoms with Gasteiger partial charge in [0.15, 0.2) is 0 Å². The van der Waals surface area contributed by atoms with E-state index in [1.165, 1.54) is 23.1 Å². The first-order valence-corrected chi connectivity index (χ1v) is 14.4. The number of amides is 1. The molecular weight excluding hydrogens is 553 g/mol. The first-order chi connectivity index (χ1) is 18.6. The van der Waals surface area contributed by atoms with Crippen LogP contribution in [0, 0.1) is 16.7 Å². The Morgan fingerprint density at radius 1 is 1.05 bits per heavy atom. The zero-order valence-corrected chi connectivity index (χ0v) is 24.1. The van der Waals surface area contributed by atoms with Gasteiger partial charge in [-0.15, -0.1) is 5.10 Å². The van der Waals surface area contributed by atoms with Crippen LogP contribution in [0.1, 0.15) is 45.8 Å². The van der Waals surface area contributed by atoms with Gasteiger partial charge in [-0.3, -0.25) is 9.69 Å². The number of carbonyl (C=O) groups excluding carboxylic acids is 1. The molecule has 6 rings (SSSR count). The van der Waals surface area contributed by atoms with E-state index in [0.717, 1.165) is 18.6 Å². The van der Waals surface area contributed by atoms with Gasteiger partial charge in [-0.05, 0) is 90.9 Å². The third kappa shape index (κ3) is 4.31. The van der Waals surface area contributed by atoms with Crippen molar-refractivity contribution in [2.45, 2.75) is 40.0 Å². The summed E-state index contributed by atoms with van der Waals surface area (Å²) in [6.07, 6.45) is 4.93. The summed E-state index contributed by atoms with van der Waals surface area (Å²) in [6.45, 7) is 6.94. The van der Waals surface area contributed by atoms with Crippen molar-refractivity contribution in [3.63, 3.8) is 0 Å². The number of aromatic hydroxyl groups is 1. The molecule has 3 fully saturated rings. The third-order valence-electron chi connectivity index (χ3n) is 8.79. The molecule has 1 amide bonds. The number of carbonyl (C=O) groups is 1. The minimum absolute atomic E-state index is 0.00159. The van der Waals surface area contributed by atoms with E-state index in [-0.39, 0.29) is 22.5 Å². The minimum atomic E-state index is -0.252. The van der Waals surface area contributed by atoms with Crippen molar-refractivity contribution in [3.05, 3.63) is 75.3 Å². The third-order valence-corrected chi connectivity index (χ3v) is 10.4. The molecule has 1 saturated heterocycles. The molecule has 1 aliphatic heterocycles. The van der Waals surface area contributed by atoms with Crippen molar-refractivity contribution in [2.24, 2.45) is 27.0 Å². The molecule has 2 aromatic carbocycles. The summed E-state index contributed by atoms with van der Waals surface area (Å²) in [5, 5.41) is 20.6. The van der Waals surface area contributed by atoms with Crippen molar-refractivity contribution in [1.29, 1.82) is 0 Å². The maximum atomic E-state index is 13.6. The van der Waals surface area contributed by atoms with Crippen LogP contribution in [0.3, 0.4) is 0 Å². The number of rotatable bonds is 4. The molecule has 2 bridgehead atoms. The van der Waals surface area contributed by atoms with Gasteiger partial charge in [-0.25, -0.2) is 0 Å². The van der Waals surface area contributed by atoms with Gasteiger partial charge in [0.05, 0.1) is 26.2 Å². The number of anilines is 1. The topological polar surface area (TPSA) is 78.4 Å². The Balaban J connectivity index is 1.36. The minimum Gasteiger partial charge on any atom is -0.508 e. The summed E-state index contributed by atoms with van der Waals surface area (Å²) in [5.41, 5.74) is 2.46. The van der Waals surface area contributed by atoms with E-state index in [1.807, 2.05) is 0 Å². The van der Waals surface area contributed by atoms with Crippen LogP contribution in [-0.4, -0.2) is 21.9 Å². The predicted molar refractivity (Wildman–Crippen MR) is 159 cm³/mol. The number of nitrogens with zero attached hydrogens (tertiary/aromatic N) is 3. The highest BCUT2D eigenvalue weighted by molar-refractivity contribution is 8.19. The zero-order chi connectivity index (χ0) is 27.5. The molecule has 2 heterocycles. The van der Waals surface area contributed by atoms with Gasteiger partial charge < -0.3 is 9.52 Å². The van der Waals surface area contributed by atoms with Crippen LogP contribution in [0.2, 0.25) is 10.0 Å². The molecule has 0 spiro atoms. The highest BCUT2D eigenvalue weighted by atomic mass is 35.5. The van der Waals surface area contributed by atoms with E-state index >= 15 is 0 Å². The molecule has 2 atom stereocenters. The number of halogens is 2. The van der Waals surface area contributed by atoms with Gasteiger partial charge in [0.2, 0.25) is 5.17 Å². The fraction of sp³-hybridized carbons (Fsp3) is 0.300. The molecule has 9 heteroatoms. The highest BCUT2D eigenvalue weighted by Gasteiger charge is 2.60. The lowest BCUT2D eigenvalue weighted by Gasteiger charge is -2.34. The standard InChI is InChI=1S/C30H27Cl2N3O3S/c1-29(2)17-13-14-30(29,3)25(15-17)33-34-28-35(18-7-9-19(36)10-8-18)27(37)24(39-28)16-20-11-12-23(38-20)26-21(31)5-4-6-22(26)32/h4-12,16-17,36H,13-15H2,1-3H3. The number of benzene rings is 2. The normalized spacial score (nSPS) is 27.0. The lowest BCUT2D eigenvalue weighted by molar-refractivity contribution is -0.113. The van der Waals surface area contributed by atoms with Crippen LogP contribution in [0.15, 0.2) is 74.1 Å². The van der Waals surface area contributed by atoms with Gasteiger partial charge in [0, 0.05) is 17.2 Å². The van der Waals surface area contributed by atoms with Gasteiger partial charge in [0.1, 0.15) is 17.3 Å². The number of thioether (sulfide) groups is 1. The average Bonchev–Trinajstić information content (AvgIpc) is 3.58. The number of amidine groups is 1. The summed E-state index contributed by atoms with van der Waals surface area (Å²) in [7, 11) is 0. The Hall–Kier alpha value is -3.00. The number of hydrogen-bond acceptors (Lipinski definition) is 6. The maximum Gasteiger partial charge on any atom is 0.271 e. The van der Waals surface area contributed by atoms with Crippen LogP contribution < -0.4 is 4.90 Å². The number of furan rings is 1. The molecule has 200 valence electrons. The van der Waals surface area contributed by atoms with Gasteiger partial charge in [-0.2, -0.15) is 5.10 Å². The first-order valence-electron chi connectivity index (χ1n) is 12.8. The van der Waals surface area contributed by atoms with E-state index in [4.69, 9.17) is 32.7 Å². The van der Waals surface area contributed by atoms with Gasteiger partial charge >= 0.3 is 0 Å². The quantitative estimate of drug-likeness (QED) is 0.248. The fourth-order valence-electron chi connectivity index (χ4n) is 5.98. The monoisotopic (exact) mass is 579 g/mol. The van der Waals surface area contributed by atoms with E-state index in [9.17, 15) is 9.90 Å². The maximum absolute atomic E-state index is 13.6. The van der Waals surface area contributed by atoms with Gasteiger partial charge in [-0.1, -0.05) is 50.0 Å². The molecule has 1 aromatic heterocycles. The van der Waals surface area contributed by atoms with Crippen LogP contribution in [0.25, 0.3) is 17.4 Å². The Morgan fingerprint density at radius 2 is 1.77 bits per heavy atom. The predicted octanol–water partition coefficient (Wildman–Crippen LogP) is 8.64. The van der Waals surface area contributed by atoms with Gasteiger partial charge in [0.25, 0.3) is 5.91 Å².